The molecule has 2 aliphatic rings. The maximum absolute atomic E-state index is 13.0. The minimum absolute atomic E-state index is 0. The molecule has 1 aliphatic carbocycles. The van der Waals surface area contributed by atoms with Gasteiger partial charge in [-0.1, -0.05) is 11.6 Å². The van der Waals surface area contributed by atoms with Gasteiger partial charge in [-0.05, 0) is 63.8 Å². The molecule has 1 saturated carbocycles. The van der Waals surface area contributed by atoms with Crippen molar-refractivity contribution < 1.29 is 4.79 Å². The first-order chi connectivity index (χ1) is 11.6. The third kappa shape index (κ3) is 4.30. The highest BCUT2D eigenvalue weighted by molar-refractivity contribution is 6.07. The summed E-state index contributed by atoms with van der Waals surface area (Å²) in [5, 5.41) is 7.57. The molecule has 0 unspecified atom stereocenters. The smallest absolute Gasteiger partial charge is 0.252 e. The van der Waals surface area contributed by atoms with Crippen molar-refractivity contribution in [1.29, 1.82) is 0 Å². The Bertz CT molecular complexity index is 799. The molecule has 4 nitrogen and oxygen atoms in total. The number of benzene rings is 1. The first-order valence-corrected chi connectivity index (χ1v) is 9.05. The number of halogens is 2. The first kappa shape index (κ1) is 20.9. The summed E-state index contributed by atoms with van der Waals surface area (Å²) in [7, 11) is 0. The van der Waals surface area contributed by atoms with E-state index in [0.29, 0.717) is 5.92 Å². The van der Waals surface area contributed by atoms with Gasteiger partial charge >= 0.3 is 0 Å². The van der Waals surface area contributed by atoms with Crippen molar-refractivity contribution in [3.63, 3.8) is 0 Å². The van der Waals surface area contributed by atoms with E-state index in [1.165, 1.54) is 18.4 Å². The van der Waals surface area contributed by atoms with Crippen LogP contribution in [0.25, 0.3) is 10.9 Å². The standard InChI is InChI=1S/C20H25N3O.2ClH/c1-12-8-13(2)19-16(9-12)17(10-18(23-19)14-5-6-14)20(24)22-15-4-3-7-21-11-15;;/h8-10,14-15,21H,3-7,11H2,1-2H3,(H,22,24);2*1H/t15-;;/m0../s1. The van der Waals surface area contributed by atoms with Gasteiger partial charge in [0, 0.05) is 29.6 Å². The molecular weight excluding hydrogens is 369 g/mol. The minimum atomic E-state index is 0. The van der Waals surface area contributed by atoms with Gasteiger partial charge in [0.1, 0.15) is 0 Å². The molecule has 2 aromatic rings. The molecule has 1 aliphatic heterocycles. The summed E-state index contributed by atoms with van der Waals surface area (Å²) in [6.07, 6.45) is 4.55. The molecule has 1 aromatic heterocycles. The van der Waals surface area contributed by atoms with Crippen LogP contribution in [0.4, 0.5) is 0 Å². The van der Waals surface area contributed by atoms with E-state index >= 15 is 0 Å². The number of hydrogen-bond donors (Lipinski definition) is 2. The fourth-order valence-electron chi connectivity index (χ4n) is 3.71. The van der Waals surface area contributed by atoms with Crippen molar-refractivity contribution in [3.05, 3.63) is 40.6 Å². The molecule has 1 atom stereocenters. The van der Waals surface area contributed by atoms with E-state index in [-0.39, 0.29) is 36.8 Å². The predicted molar refractivity (Wildman–Crippen MR) is 111 cm³/mol. The van der Waals surface area contributed by atoms with Crippen LogP contribution in [0.1, 0.15) is 58.8 Å². The van der Waals surface area contributed by atoms with Crippen molar-refractivity contribution >= 4 is 41.6 Å². The Morgan fingerprint density at radius 1 is 1.15 bits per heavy atom. The summed E-state index contributed by atoms with van der Waals surface area (Å²) in [6, 6.07) is 6.51. The number of aryl methyl sites for hydroxylation is 2. The van der Waals surface area contributed by atoms with Gasteiger partial charge in [0.2, 0.25) is 0 Å². The summed E-state index contributed by atoms with van der Waals surface area (Å²) in [6.45, 7) is 6.08. The molecule has 2 heterocycles. The van der Waals surface area contributed by atoms with Gasteiger partial charge in [-0.15, -0.1) is 24.8 Å². The van der Waals surface area contributed by atoms with Crippen LogP contribution in [0.5, 0.6) is 0 Å². The monoisotopic (exact) mass is 395 g/mol. The van der Waals surface area contributed by atoms with E-state index in [4.69, 9.17) is 4.98 Å². The minimum Gasteiger partial charge on any atom is -0.348 e. The molecule has 6 heteroatoms. The van der Waals surface area contributed by atoms with E-state index in [1.54, 1.807) is 0 Å². The molecule has 1 saturated heterocycles. The number of carbonyl (C=O) groups excluding carboxylic acids is 1. The zero-order chi connectivity index (χ0) is 16.7. The highest BCUT2D eigenvalue weighted by atomic mass is 35.5. The van der Waals surface area contributed by atoms with E-state index in [1.807, 2.05) is 6.07 Å². The summed E-state index contributed by atoms with van der Waals surface area (Å²) < 4.78 is 0. The fraction of sp³-hybridized carbons (Fsp3) is 0.500. The number of nitrogens with zero attached hydrogens (tertiary/aromatic N) is 1. The van der Waals surface area contributed by atoms with Crippen molar-refractivity contribution in [2.75, 3.05) is 13.1 Å². The highest BCUT2D eigenvalue weighted by Crippen LogP contribution is 2.40. The molecule has 2 fully saturated rings. The number of hydrogen-bond acceptors (Lipinski definition) is 3. The van der Waals surface area contributed by atoms with E-state index < -0.39 is 0 Å². The maximum atomic E-state index is 13.0. The third-order valence-electron chi connectivity index (χ3n) is 5.14. The van der Waals surface area contributed by atoms with Crippen molar-refractivity contribution in [1.82, 2.24) is 15.6 Å². The number of fused-ring (bicyclic) bond motifs is 1. The largest absolute Gasteiger partial charge is 0.348 e. The molecule has 0 spiro atoms. The Labute approximate surface area is 167 Å². The summed E-state index contributed by atoms with van der Waals surface area (Å²) in [5.74, 6) is 0.584. The van der Waals surface area contributed by atoms with Crippen molar-refractivity contribution in [2.24, 2.45) is 0 Å². The van der Waals surface area contributed by atoms with Crippen molar-refractivity contribution in [3.8, 4) is 0 Å². The lowest BCUT2D eigenvalue weighted by atomic mass is 9.99. The van der Waals surface area contributed by atoms with E-state index in [2.05, 4.69) is 36.6 Å². The predicted octanol–water partition coefficient (Wildman–Crippen LogP) is 4.05. The lowest BCUT2D eigenvalue weighted by molar-refractivity contribution is 0.0932. The van der Waals surface area contributed by atoms with Crippen LogP contribution in [0.3, 0.4) is 0 Å². The van der Waals surface area contributed by atoms with Crippen LogP contribution in [0, 0.1) is 13.8 Å². The molecule has 0 bridgehead atoms. The molecule has 1 amide bonds. The number of pyridine rings is 1. The van der Waals surface area contributed by atoms with Gasteiger partial charge in [0.05, 0.1) is 11.1 Å². The number of piperidine rings is 1. The van der Waals surface area contributed by atoms with E-state index in [0.717, 1.165) is 53.7 Å². The average molecular weight is 396 g/mol. The van der Waals surface area contributed by atoms with Gasteiger partial charge < -0.3 is 10.6 Å². The molecule has 1 aromatic carbocycles. The van der Waals surface area contributed by atoms with Gasteiger partial charge in [-0.2, -0.15) is 0 Å². The molecule has 0 radical (unpaired) electrons. The lowest BCUT2D eigenvalue weighted by Crippen LogP contribution is -2.45. The van der Waals surface area contributed by atoms with E-state index in [9.17, 15) is 4.79 Å². The average Bonchev–Trinajstić information content (AvgIpc) is 3.40. The van der Waals surface area contributed by atoms with Gasteiger partial charge in [0.25, 0.3) is 5.91 Å². The molecular formula is C20H27Cl2N3O. The normalized spacial score (nSPS) is 19.4. The Hall–Kier alpha value is -1.36. The lowest BCUT2D eigenvalue weighted by Gasteiger charge is -2.24. The summed E-state index contributed by atoms with van der Waals surface area (Å²) in [4.78, 5) is 17.9. The van der Waals surface area contributed by atoms with Crippen LogP contribution < -0.4 is 10.6 Å². The third-order valence-corrected chi connectivity index (χ3v) is 5.14. The number of amides is 1. The molecule has 26 heavy (non-hydrogen) atoms. The van der Waals surface area contributed by atoms with Crippen molar-refractivity contribution in [2.45, 2.75) is 51.5 Å². The molecule has 4 rings (SSSR count). The van der Waals surface area contributed by atoms with Crippen LogP contribution in [0.2, 0.25) is 0 Å². The highest BCUT2D eigenvalue weighted by Gasteiger charge is 2.28. The Morgan fingerprint density at radius 3 is 2.58 bits per heavy atom. The zero-order valence-corrected chi connectivity index (χ0v) is 16.9. The quantitative estimate of drug-likeness (QED) is 0.823. The van der Waals surface area contributed by atoms with Gasteiger partial charge in [0.15, 0.2) is 0 Å². The number of aromatic nitrogens is 1. The van der Waals surface area contributed by atoms with Crippen LogP contribution in [-0.2, 0) is 0 Å². The zero-order valence-electron chi connectivity index (χ0n) is 15.3. The second kappa shape index (κ2) is 8.55. The van der Waals surface area contributed by atoms with Crippen LogP contribution in [-0.4, -0.2) is 30.0 Å². The Kier molecular flexibility index (Phi) is 6.89. The Balaban J connectivity index is 0.00000121. The number of nitrogens with one attached hydrogen (secondary N) is 2. The second-order valence-electron chi connectivity index (χ2n) is 7.36. The van der Waals surface area contributed by atoms with Gasteiger partial charge in [-0.25, -0.2) is 0 Å². The van der Waals surface area contributed by atoms with Crippen LogP contribution >= 0.6 is 24.8 Å². The fourth-order valence-corrected chi connectivity index (χ4v) is 3.71. The summed E-state index contributed by atoms with van der Waals surface area (Å²) >= 11 is 0. The maximum Gasteiger partial charge on any atom is 0.252 e. The Morgan fingerprint density at radius 2 is 1.92 bits per heavy atom. The number of carbonyl (C=O) groups is 1. The molecule has 142 valence electrons. The van der Waals surface area contributed by atoms with Crippen LogP contribution in [0.15, 0.2) is 18.2 Å². The SMILES string of the molecule is Cc1cc(C)c2nc(C3CC3)cc(C(=O)N[C@H]3CCCNC3)c2c1.Cl.Cl. The topological polar surface area (TPSA) is 54.0 Å². The molecule has 2 N–H and O–H groups in total. The summed E-state index contributed by atoms with van der Waals surface area (Å²) in [5.41, 5.74) is 5.19. The second-order valence-corrected chi connectivity index (χ2v) is 7.36. The van der Waals surface area contributed by atoms with Gasteiger partial charge in [-0.3, -0.25) is 9.78 Å². The first-order valence-electron chi connectivity index (χ1n) is 9.05. The number of rotatable bonds is 3.